The van der Waals surface area contributed by atoms with Crippen LogP contribution in [0.1, 0.15) is 4.88 Å². The summed E-state index contributed by atoms with van der Waals surface area (Å²) in [5, 5.41) is 8.28. The molecule has 0 unspecified atom stereocenters. The van der Waals surface area contributed by atoms with Gasteiger partial charge in [-0.15, -0.1) is 11.3 Å². The molecule has 0 bridgehead atoms. The third kappa shape index (κ3) is 4.12. The normalized spacial score (nSPS) is 11.4. The first-order valence-corrected chi connectivity index (χ1v) is 14.1. The summed E-state index contributed by atoms with van der Waals surface area (Å²) in [6.07, 6.45) is 1.03. The highest BCUT2D eigenvalue weighted by Crippen LogP contribution is 2.59. The van der Waals surface area contributed by atoms with Crippen molar-refractivity contribution in [3.8, 4) is 0 Å². The molecule has 5 aromatic carbocycles. The molecule has 0 radical (unpaired) electrons. The van der Waals surface area contributed by atoms with Crippen molar-refractivity contribution in [2.75, 3.05) is 0 Å². The molecular formula is C31H24BrPS. The SMILES string of the molecule is [Br-].c1ccc([P+](Cc2cc3cc4ccccc4cc3s2)(c2ccccc2)c2ccccc2)cc1. The fourth-order valence-electron chi connectivity index (χ4n) is 4.86. The maximum atomic E-state index is 2.43. The molecule has 0 fully saturated rings. The Balaban J connectivity index is 0.00000241. The highest BCUT2D eigenvalue weighted by Gasteiger charge is 2.45. The van der Waals surface area contributed by atoms with Crippen molar-refractivity contribution in [2.24, 2.45) is 0 Å². The molecule has 3 heteroatoms. The smallest absolute Gasteiger partial charge is 0.117 e. The number of hydrogen-bond donors (Lipinski definition) is 0. The van der Waals surface area contributed by atoms with E-state index in [1.54, 1.807) is 0 Å². The molecular weight excluding hydrogens is 515 g/mol. The van der Waals surface area contributed by atoms with Gasteiger partial charge in [-0.2, -0.15) is 0 Å². The van der Waals surface area contributed by atoms with Crippen molar-refractivity contribution in [2.45, 2.75) is 6.16 Å². The van der Waals surface area contributed by atoms with Gasteiger partial charge in [0.2, 0.25) is 0 Å². The molecule has 166 valence electrons. The van der Waals surface area contributed by atoms with E-state index in [-0.39, 0.29) is 17.0 Å². The minimum Gasteiger partial charge on any atom is -1.00 e. The van der Waals surface area contributed by atoms with Crippen LogP contribution in [-0.4, -0.2) is 0 Å². The van der Waals surface area contributed by atoms with Gasteiger partial charge in [0.05, 0.1) is 0 Å². The Bertz CT molecular complexity index is 1380. The van der Waals surface area contributed by atoms with Crippen LogP contribution in [0.5, 0.6) is 0 Å². The summed E-state index contributed by atoms with van der Waals surface area (Å²) in [7, 11) is -1.87. The zero-order valence-electron chi connectivity index (χ0n) is 18.6. The minimum atomic E-state index is -1.87. The summed E-state index contributed by atoms with van der Waals surface area (Å²) >= 11 is 1.95. The lowest BCUT2D eigenvalue weighted by Crippen LogP contribution is -3.00. The summed E-state index contributed by atoms with van der Waals surface area (Å²) in [6.45, 7) is 0. The predicted molar refractivity (Wildman–Crippen MR) is 148 cm³/mol. The molecule has 34 heavy (non-hydrogen) atoms. The predicted octanol–water partition coefficient (Wildman–Crippen LogP) is 4.55. The molecule has 0 atom stereocenters. The molecule has 1 aromatic heterocycles. The standard InChI is InChI=1S/C31H24PS.BrH/c1-4-14-27(15-5-1)32(28-16-6-2-7-17-28,29-18-8-3-9-19-29)23-30-21-26-20-24-12-10-11-13-25(24)22-31(26)33-30;/h1-22H,23H2;1H/q+1;/p-1. The zero-order chi connectivity index (χ0) is 22.1. The summed E-state index contributed by atoms with van der Waals surface area (Å²) in [5.74, 6) is 0. The van der Waals surface area contributed by atoms with Crippen LogP contribution in [0, 0.1) is 0 Å². The summed E-state index contributed by atoms with van der Waals surface area (Å²) in [4.78, 5) is 1.45. The molecule has 0 aliphatic heterocycles. The van der Waals surface area contributed by atoms with Gasteiger partial charge in [0.15, 0.2) is 0 Å². The van der Waals surface area contributed by atoms with Crippen LogP contribution in [0.15, 0.2) is 133 Å². The quantitative estimate of drug-likeness (QED) is 0.282. The molecule has 0 amide bonds. The second kappa shape index (κ2) is 9.84. The van der Waals surface area contributed by atoms with Gasteiger partial charge in [0.25, 0.3) is 0 Å². The van der Waals surface area contributed by atoms with Crippen LogP contribution < -0.4 is 32.9 Å². The lowest BCUT2D eigenvalue weighted by atomic mass is 10.1. The van der Waals surface area contributed by atoms with E-state index < -0.39 is 7.26 Å². The van der Waals surface area contributed by atoms with E-state index in [1.807, 2.05) is 11.3 Å². The lowest BCUT2D eigenvalue weighted by molar-refractivity contribution is -0.00000615. The molecule has 1 heterocycles. The fraction of sp³-hybridized carbons (Fsp3) is 0.0323. The van der Waals surface area contributed by atoms with Crippen LogP contribution in [0.2, 0.25) is 0 Å². The van der Waals surface area contributed by atoms with Gasteiger partial charge in [0.1, 0.15) is 29.3 Å². The molecule has 0 saturated heterocycles. The number of rotatable bonds is 5. The largest absolute Gasteiger partial charge is 1.00 e. The number of hydrogen-bond acceptors (Lipinski definition) is 1. The molecule has 6 aromatic rings. The average Bonchev–Trinajstić information content (AvgIpc) is 3.28. The van der Waals surface area contributed by atoms with E-state index in [0.29, 0.717) is 0 Å². The maximum Gasteiger partial charge on any atom is 0.117 e. The van der Waals surface area contributed by atoms with Gasteiger partial charge < -0.3 is 17.0 Å². The highest BCUT2D eigenvalue weighted by atomic mass is 79.9. The molecule has 0 spiro atoms. The number of thiophene rings is 1. The molecule has 0 aliphatic carbocycles. The second-order valence-electron chi connectivity index (χ2n) is 8.42. The van der Waals surface area contributed by atoms with Gasteiger partial charge in [-0.25, -0.2) is 0 Å². The van der Waals surface area contributed by atoms with Gasteiger partial charge in [-0.3, -0.25) is 0 Å². The van der Waals surface area contributed by atoms with Crippen molar-refractivity contribution >= 4 is 55.4 Å². The molecule has 0 nitrogen and oxygen atoms in total. The van der Waals surface area contributed by atoms with Crippen LogP contribution in [0.3, 0.4) is 0 Å². The Labute approximate surface area is 216 Å². The van der Waals surface area contributed by atoms with Gasteiger partial charge in [-0.05, 0) is 70.8 Å². The Morgan fingerprint density at radius 3 is 1.41 bits per heavy atom. The summed E-state index contributed by atoms with van der Waals surface area (Å²) < 4.78 is 1.37. The number of benzene rings is 5. The molecule has 6 rings (SSSR count). The minimum absolute atomic E-state index is 0. The molecule has 0 saturated carbocycles. The van der Waals surface area contributed by atoms with E-state index in [9.17, 15) is 0 Å². The Hall–Kier alpha value is -2.77. The van der Waals surface area contributed by atoms with Gasteiger partial charge in [-0.1, -0.05) is 78.9 Å². The van der Waals surface area contributed by atoms with Crippen molar-refractivity contribution in [1.29, 1.82) is 0 Å². The first-order chi connectivity index (χ1) is 16.3. The molecule has 0 N–H and O–H groups in total. The van der Waals surface area contributed by atoms with E-state index >= 15 is 0 Å². The number of halogens is 1. The van der Waals surface area contributed by atoms with Crippen LogP contribution >= 0.6 is 18.6 Å². The number of fused-ring (bicyclic) bond motifs is 2. The van der Waals surface area contributed by atoms with Crippen molar-refractivity contribution < 1.29 is 17.0 Å². The molecule has 0 aliphatic rings. The van der Waals surface area contributed by atoms with E-state index in [2.05, 4.69) is 133 Å². The monoisotopic (exact) mass is 538 g/mol. The van der Waals surface area contributed by atoms with Crippen molar-refractivity contribution in [3.05, 3.63) is 138 Å². The van der Waals surface area contributed by atoms with Gasteiger partial charge in [0, 0.05) is 9.58 Å². The highest BCUT2D eigenvalue weighted by molar-refractivity contribution is 7.95. The summed E-state index contributed by atoms with van der Waals surface area (Å²) in [5.41, 5.74) is 0. The second-order valence-corrected chi connectivity index (χ2v) is 13.1. The van der Waals surface area contributed by atoms with E-state index in [1.165, 1.54) is 41.6 Å². The maximum absolute atomic E-state index is 2.43. The first-order valence-electron chi connectivity index (χ1n) is 11.3. The van der Waals surface area contributed by atoms with Crippen molar-refractivity contribution in [3.63, 3.8) is 0 Å². The van der Waals surface area contributed by atoms with Gasteiger partial charge >= 0.3 is 0 Å². The average molecular weight is 539 g/mol. The van der Waals surface area contributed by atoms with Crippen LogP contribution in [0.25, 0.3) is 20.9 Å². The first kappa shape index (κ1) is 23.0. The van der Waals surface area contributed by atoms with E-state index in [0.717, 1.165) is 6.16 Å². The van der Waals surface area contributed by atoms with E-state index in [4.69, 9.17) is 0 Å². The van der Waals surface area contributed by atoms with Crippen LogP contribution in [0.4, 0.5) is 0 Å². The van der Waals surface area contributed by atoms with Crippen LogP contribution in [-0.2, 0) is 6.16 Å². The zero-order valence-corrected chi connectivity index (χ0v) is 21.9. The third-order valence-electron chi connectivity index (χ3n) is 6.42. The third-order valence-corrected chi connectivity index (χ3v) is 12.1. The Morgan fingerprint density at radius 2 is 0.912 bits per heavy atom. The summed E-state index contributed by atoms with van der Waals surface area (Å²) in [6, 6.07) is 49.3. The lowest BCUT2D eigenvalue weighted by Gasteiger charge is -2.27. The Morgan fingerprint density at radius 1 is 0.471 bits per heavy atom. The fourth-order valence-corrected chi connectivity index (χ4v) is 10.6. The van der Waals surface area contributed by atoms with Crippen molar-refractivity contribution in [1.82, 2.24) is 0 Å². The Kier molecular flexibility index (Phi) is 6.66. The topological polar surface area (TPSA) is 0 Å².